The molecule has 0 saturated heterocycles. The molecule has 0 aromatic heterocycles. The van der Waals surface area contributed by atoms with Crippen LogP contribution in [0.4, 0.5) is 0 Å². The van der Waals surface area contributed by atoms with Gasteiger partial charge in [-0.3, -0.25) is 0 Å². The van der Waals surface area contributed by atoms with Crippen LogP contribution >= 0.6 is 0 Å². The zero-order valence-electron chi connectivity index (χ0n) is 35.0. The van der Waals surface area contributed by atoms with Gasteiger partial charge in [0.05, 0.1) is 0 Å². The second kappa shape index (κ2) is 28.5. The van der Waals surface area contributed by atoms with Crippen LogP contribution < -0.4 is 9.47 Å². The van der Waals surface area contributed by atoms with Crippen molar-refractivity contribution in [3.05, 3.63) is 59.7 Å². The lowest BCUT2D eigenvalue weighted by atomic mass is 9.49. The molecule has 0 N–H and O–H groups in total. The summed E-state index contributed by atoms with van der Waals surface area (Å²) in [5.41, 5.74) is 2.34. The Labute approximate surface area is 327 Å². The number of benzene rings is 2. The molecular weight excluding hydrogens is 649 g/mol. The van der Waals surface area contributed by atoms with Crippen LogP contribution in [-0.4, -0.2) is 0 Å². The molecule has 0 fully saturated rings. The summed E-state index contributed by atoms with van der Waals surface area (Å²) in [5, 5.41) is 18.6. The number of unbranched alkanes of at least 4 members (excludes halogenated alkanes) is 21. The molecule has 0 amide bonds. The molecule has 0 aliphatic heterocycles. The number of rotatable bonds is 33. The molecule has 1 unspecified atom stereocenters. The molecule has 0 aliphatic rings. The fourth-order valence-electron chi connectivity index (χ4n) is 9.32. The maximum absolute atomic E-state index is 9.31. The minimum absolute atomic E-state index is 0.00774. The highest BCUT2D eigenvalue weighted by molar-refractivity contribution is 5.47. The van der Waals surface area contributed by atoms with Gasteiger partial charge in [-0.2, -0.15) is 0 Å². The van der Waals surface area contributed by atoms with Crippen LogP contribution in [0.15, 0.2) is 48.5 Å². The van der Waals surface area contributed by atoms with E-state index in [2.05, 4.69) is 58.9 Å². The monoisotopic (exact) mass is 727 g/mol. The van der Waals surface area contributed by atoms with Crippen LogP contribution in [0.3, 0.4) is 0 Å². The summed E-state index contributed by atoms with van der Waals surface area (Å²) in [7, 11) is 0. The predicted molar refractivity (Wildman–Crippen MR) is 225 cm³/mol. The van der Waals surface area contributed by atoms with Crippen molar-refractivity contribution >= 4 is 0 Å². The first-order valence-corrected chi connectivity index (χ1v) is 22.3. The maximum Gasteiger partial charge on any atom is 0.292 e. The first-order valence-electron chi connectivity index (χ1n) is 22.3. The Morgan fingerprint density at radius 1 is 0.472 bits per heavy atom. The molecule has 1 atom stereocenters. The van der Waals surface area contributed by atoms with E-state index >= 15 is 0 Å². The van der Waals surface area contributed by atoms with Crippen molar-refractivity contribution in [1.29, 1.82) is 10.5 Å². The molecule has 4 nitrogen and oxygen atoms in total. The Balaban J connectivity index is 2.55. The summed E-state index contributed by atoms with van der Waals surface area (Å²) in [6.07, 6.45) is 38.9. The fourth-order valence-corrected chi connectivity index (χ4v) is 9.32. The summed E-state index contributed by atoms with van der Waals surface area (Å²) < 4.78 is 10.6. The quantitative estimate of drug-likeness (QED) is 0.0542. The van der Waals surface area contributed by atoms with Gasteiger partial charge in [-0.15, -0.1) is 10.5 Å². The van der Waals surface area contributed by atoms with Crippen LogP contribution in [0, 0.1) is 34.4 Å². The van der Waals surface area contributed by atoms with Crippen LogP contribution in [0.2, 0.25) is 0 Å². The van der Waals surface area contributed by atoms with Gasteiger partial charge in [0.1, 0.15) is 11.5 Å². The van der Waals surface area contributed by atoms with Crippen LogP contribution in [0.5, 0.6) is 11.5 Å². The third kappa shape index (κ3) is 16.1. The molecule has 0 saturated carbocycles. The van der Waals surface area contributed by atoms with Gasteiger partial charge in [-0.25, -0.2) is 0 Å². The average molecular weight is 727 g/mol. The van der Waals surface area contributed by atoms with Crippen molar-refractivity contribution in [1.82, 2.24) is 0 Å². The van der Waals surface area contributed by atoms with E-state index in [1.165, 1.54) is 178 Å². The molecule has 4 heteroatoms. The van der Waals surface area contributed by atoms with Crippen molar-refractivity contribution < 1.29 is 9.47 Å². The van der Waals surface area contributed by atoms with E-state index in [0.717, 1.165) is 6.42 Å². The molecule has 0 spiro atoms. The Morgan fingerprint density at radius 2 is 0.774 bits per heavy atom. The van der Waals surface area contributed by atoms with Crippen LogP contribution in [0.1, 0.15) is 219 Å². The smallest absolute Gasteiger partial charge is 0.292 e. The number of nitriles is 2. The highest BCUT2D eigenvalue weighted by atomic mass is 16.5. The topological polar surface area (TPSA) is 66.0 Å². The minimum Gasteiger partial charge on any atom is -0.388 e. The lowest BCUT2D eigenvalue weighted by molar-refractivity contribution is 0.0791. The summed E-state index contributed by atoms with van der Waals surface area (Å²) in [5.74, 6) is 1.55. The Morgan fingerprint density at radius 3 is 1.09 bits per heavy atom. The second-order valence-corrected chi connectivity index (χ2v) is 16.4. The van der Waals surface area contributed by atoms with Crippen molar-refractivity contribution in [3.63, 3.8) is 0 Å². The average Bonchev–Trinajstić information content (AvgIpc) is 3.16. The van der Waals surface area contributed by atoms with E-state index in [1.54, 1.807) is 0 Å². The minimum atomic E-state index is -0.271. The molecule has 0 aliphatic carbocycles. The third-order valence-electron chi connectivity index (χ3n) is 12.3. The van der Waals surface area contributed by atoms with E-state index in [4.69, 9.17) is 9.47 Å². The first-order chi connectivity index (χ1) is 25.9. The number of hydrogen-bond donors (Lipinski definition) is 0. The molecule has 296 valence electrons. The molecule has 2 rings (SSSR count). The highest BCUT2D eigenvalue weighted by Crippen LogP contribution is 2.58. The fraction of sp³-hybridized carbons (Fsp3) is 0.714. The van der Waals surface area contributed by atoms with E-state index in [0.29, 0.717) is 17.4 Å². The second-order valence-electron chi connectivity index (χ2n) is 16.4. The van der Waals surface area contributed by atoms with Crippen LogP contribution in [0.25, 0.3) is 0 Å². The van der Waals surface area contributed by atoms with Crippen molar-refractivity contribution in [3.8, 4) is 24.0 Å². The Bertz CT molecular complexity index is 1180. The lowest BCUT2D eigenvalue weighted by Gasteiger charge is -2.54. The number of ether oxygens (including phenoxy) is 2. The number of nitrogens with zero attached hydrogens (tertiary/aromatic N) is 2. The molecule has 0 radical (unpaired) electrons. The van der Waals surface area contributed by atoms with E-state index in [1.807, 2.05) is 36.8 Å². The summed E-state index contributed by atoms with van der Waals surface area (Å²) in [6, 6.07) is 17.0. The van der Waals surface area contributed by atoms with Gasteiger partial charge >= 0.3 is 0 Å². The molecule has 0 heterocycles. The largest absolute Gasteiger partial charge is 0.388 e. The van der Waals surface area contributed by atoms with Gasteiger partial charge in [0.25, 0.3) is 12.5 Å². The van der Waals surface area contributed by atoms with Crippen molar-refractivity contribution in [2.24, 2.45) is 11.3 Å². The van der Waals surface area contributed by atoms with Gasteiger partial charge in [-0.1, -0.05) is 213 Å². The normalized spacial score (nSPS) is 12.3. The van der Waals surface area contributed by atoms with Crippen molar-refractivity contribution in [2.45, 2.75) is 213 Å². The highest BCUT2D eigenvalue weighted by Gasteiger charge is 2.52. The zero-order chi connectivity index (χ0) is 38.5. The van der Waals surface area contributed by atoms with Gasteiger partial charge in [0.2, 0.25) is 0 Å². The molecule has 2 aromatic carbocycles. The van der Waals surface area contributed by atoms with Gasteiger partial charge in [0, 0.05) is 5.41 Å². The van der Waals surface area contributed by atoms with Gasteiger partial charge < -0.3 is 9.47 Å². The SMILES string of the molecule is CCCCCCCCCCC(C)C(c1ccc(OC#N)cc1)(c1ccc(OC#N)cc1)C(C)(CCCCCCCCCC)CCCCCCCCCC. The zero-order valence-corrected chi connectivity index (χ0v) is 35.0. The summed E-state index contributed by atoms with van der Waals surface area (Å²) in [4.78, 5) is 0. The van der Waals surface area contributed by atoms with E-state index in [-0.39, 0.29) is 10.8 Å². The summed E-state index contributed by atoms with van der Waals surface area (Å²) in [6.45, 7) is 12.0. The molecule has 0 bridgehead atoms. The van der Waals surface area contributed by atoms with Crippen molar-refractivity contribution in [2.75, 3.05) is 0 Å². The Hall–Kier alpha value is -2.98. The van der Waals surface area contributed by atoms with Crippen LogP contribution in [-0.2, 0) is 5.41 Å². The number of hydrogen-bond acceptors (Lipinski definition) is 4. The first kappa shape index (κ1) is 46.2. The third-order valence-corrected chi connectivity index (χ3v) is 12.3. The summed E-state index contributed by atoms with van der Waals surface area (Å²) >= 11 is 0. The lowest BCUT2D eigenvalue weighted by Crippen LogP contribution is -2.50. The Kier molecular flexibility index (Phi) is 24.8. The predicted octanol–water partition coefficient (Wildman–Crippen LogP) is 15.9. The standard InChI is InChI=1S/C49H78N2O2/c1-6-9-12-15-18-21-24-27-30-43(4)49(44-31-35-46(36-32-44)52-41-50,45-33-37-47(38-34-45)53-42-51)48(5,39-28-25-22-19-16-13-10-7-2)40-29-26-23-20-17-14-11-8-3/h31-38,43H,6-30,39-40H2,1-5H3. The van der Waals surface area contributed by atoms with E-state index < -0.39 is 0 Å². The molecular formula is C49H78N2O2. The molecule has 53 heavy (non-hydrogen) atoms. The molecule has 2 aromatic rings. The maximum atomic E-state index is 9.31. The van der Waals surface area contributed by atoms with Gasteiger partial charge in [-0.05, 0) is 66.0 Å². The van der Waals surface area contributed by atoms with Gasteiger partial charge in [0.15, 0.2) is 0 Å². The van der Waals surface area contributed by atoms with E-state index in [9.17, 15) is 10.5 Å².